The van der Waals surface area contributed by atoms with Crippen LogP contribution >= 0.6 is 0 Å². The molecule has 1 heterocycles. The summed E-state index contributed by atoms with van der Waals surface area (Å²) in [5.41, 5.74) is 5.42. The number of nitrogens with one attached hydrogen (secondary N) is 1. The van der Waals surface area contributed by atoms with Crippen molar-refractivity contribution in [3.05, 3.63) is 0 Å². The Morgan fingerprint density at radius 1 is 1.22 bits per heavy atom. The van der Waals surface area contributed by atoms with E-state index in [4.69, 9.17) is 5.73 Å². The monoisotopic (exact) mass is 253 g/mol. The first-order valence-electron chi connectivity index (χ1n) is 7.02. The molecule has 0 spiro atoms. The summed E-state index contributed by atoms with van der Waals surface area (Å²) in [6.07, 6.45) is 6.13. The summed E-state index contributed by atoms with van der Waals surface area (Å²) in [5.74, 6) is 0.152. The lowest BCUT2D eigenvalue weighted by Gasteiger charge is -2.24. The quantitative estimate of drug-likeness (QED) is 0.672. The van der Waals surface area contributed by atoms with Crippen LogP contribution in [0.3, 0.4) is 0 Å². The summed E-state index contributed by atoms with van der Waals surface area (Å²) in [6.45, 7) is 1.35. The van der Waals surface area contributed by atoms with Gasteiger partial charge >= 0.3 is 0 Å². The minimum atomic E-state index is -0.226. The molecule has 1 saturated carbocycles. The van der Waals surface area contributed by atoms with Crippen LogP contribution in [0.25, 0.3) is 0 Å². The minimum absolute atomic E-state index is 0.0437. The van der Waals surface area contributed by atoms with Gasteiger partial charge in [0.15, 0.2) is 0 Å². The molecule has 5 heteroatoms. The van der Waals surface area contributed by atoms with Gasteiger partial charge in [-0.15, -0.1) is 0 Å². The molecule has 1 unspecified atom stereocenters. The molecular weight excluding hydrogens is 230 g/mol. The largest absolute Gasteiger partial charge is 0.352 e. The standard InChI is InChI=1S/C13H23N3O2/c14-8-2-1-5-12(17)16-9-3-4-11(16)13(18)15-10-6-7-10/h10-11H,1-9,14H2,(H,15,18). The predicted octanol–water partition coefficient (Wildman–Crippen LogP) is 0.385. The van der Waals surface area contributed by atoms with E-state index in [0.717, 1.165) is 45.1 Å². The highest BCUT2D eigenvalue weighted by Gasteiger charge is 2.35. The van der Waals surface area contributed by atoms with Crippen LogP contribution in [0, 0.1) is 0 Å². The first-order valence-corrected chi connectivity index (χ1v) is 7.02. The summed E-state index contributed by atoms with van der Waals surface area (Å²) in [7, 11) is 0. The average Bonchev–Trinajstić information content (AvgIpc) is 3.02. The van der Waals surface area contributed by atoms with E-state index in [9.17, 15) is 9.59 Å². The van der Waals surface area contributed by atoms with Crippen molar-refractivity contribution in [3.8, 4) is 0 Å². The van der Waals surface area contributed by atoms with Crippen molar-refractivity contribution in [2.45, 2.75) is 57.0 Å². The molecule has 0 aromatic rings. The second-order valence-electron chi connectivity index (χ2n) is 5.27. The predicted molar refractivity (Wildman–Crippen MR) is 68.8 cm³/mol. The van der Waals surface area contributed by atoms with Crippen LogP contribution in [0.2, 0.25) is 0 Å². The molecule has 18 heavy (non-hydrogen) atoms. The van der Waals surface area contributed by atoms with E-state index in [1.807, 2.05) is 0 Å². The van der Waals surface area contributed by atoms with Gasteiger partial charge in [0.25, 0.3) is 0 Å². The average molecular weight is 253 g/mol. The fourth-order valence-corrected chi connectivity index (χ4v) is 2.43. The van der Waals surface area contributed by atoms with Crippen molar-refractivity contribution in [1.29, 1.82) is 0 Å². The van der Waals surface area contributed by atoms with Crippen molar-refractivity contribution in [2.24, 2.45) is 5.73 Å². The normalized spacial score (nSPS) is 23.2. The number of likely N-dealkylation sites (tertiary alicyclic amines) is 1. The number of hydrogen-bond acceptors (Lipinski definition) is 3. The van der Waals surface area contributed by atoms with Crippen LogP contribution in [0.15, 0.2) is 0 Å². The zero-order valence-corrected chi connectivity index (χ0v) is 10.9. The van der Waals surface area contributed by atoms with Crippen LogP contribution < -0.4 is 11.1 Å². The molecule has 1 atom stereocenters. The molecule has 2 fully saturated rings. The Kier molecular flexibility index (Phi) is 4.58. The molecule has 1 aliphatic carbocycles. The van der Waals surface area contributed by atoms with Crippen LogP contribution in [0.1, 0.15) is 44.9 Å². The topological polar surface area (TPSA) is 75.4 Å². The summed E-state index contributed by atoms with van der Waals surface area (Å²) in [5, 5.41) is 3.00. The third-order valence-corrected chi connectivity index (χ3v) is 3.64. The highest BCUT2D eigenvalue weighted by molar-refractivity contribution is 5.88. The Balaban J connectivity index is 1.81. The summed E-state index contributed by atoms with van der Waals surface area (Å²) >= 11 is 0. The molecule has 102 valence electrons. The minimum Gasteiger partial charge on any atom is -0.352 e. The van der Waals surface area contributed by atoms with Gasteiger partial charge < -0.3 is 16.0 Å². The third-order valence-electron chi connectivity index (χ3n) is 3.64. The first kappa shape index (κ1) is 13.3. The maximum Gasteiger partial charge on any atom is 0.243 e. The highest BCUT2D eigenvalue weighted by atomic mass is 16.2. The molecule has 2 aliphatic rings. The van der Waals surface area contributed by atoms with Crippen LogP contribution in [0.4, 0.5) is 0 Å². The zero-order valence-electron chi connectivity index (χ0n) is 10.9. The van der Waals surface area contributed by atoms with Gasteiger partial charge in [-0.05, 0) is 45.1 Å². The Bertz CT molecular complexity index is 315. The van der Waals surface area contributed by atoms with E-state index >= 15 is 0 Å². The van der Waals surface area contributed by atoms with Crippen molar-refractivity contribution in [3.63, 3.8) is 0 Å². The van der Waals surface area contributed by atoms with Crippen molar-refractivity contribution < 1.29 is 9.59 Å². The van der Waals surface area contributed by atoms with Crippen LogP contribution in [-0.4, -0.2) is 41.9 Å². The molecule has 2 rings (SSSR count). The molecule has 2 amide bonds. The fourth-order valence-electron chi connectivity index (χ4n) is 2.43. The lowest BCUT2D eigenvalue weighted by Crippen LogP contribution is -2.46. The lowest BCUT2D eigenvalue weighted by molar-refractivity contribution is -0.138. The van der Waals surface area contributed by atoms with E-state index in [0.29, 0.717) is 19.0 Å². The van der Waals surface area contributed by atoms with Crippen LogP contribution in [0.5, 0.6) is 0 Å². The molecule has 0 bridgehead atoms. The molecule has 0 radical (unpaired) electrons. The number of rotatable bonds is 6. The molecule has 1 saturated heterocycles. The SMILES string of the molecule is NCCCCC(=O)N1CCCC1C(=O)NC1CC1. The first-order chi connectivity index (χ1) is 8.72. The molecule has 1 aliphatic heterocycles. The van der Waals surface area contributed by atoms with E-state index in [2.05, 4.69) is 5.32 Å². The van der Waals surface area contributed by atoms with Gasteiger partial charge in [-0.3, -0.25) is 9.59 Å². The van der Waals surface area contributed by atoms with Gasteiger partial charge in [-0.1, -0.05) is 0 Å². The zero-order chi connectivity index (χ0) is 13.0. The van der Waals surface area contributed by atoms with Crippen molar-refractivity contribution in [1.82, 2.24) is 10.2 Å². The number of nitrogens with two attached hydrogens (primary N) is 1. The van der Waals surface area contributed by atoms with E-state index in [-0.39, 0.29) is 17.9 Å². The number of carbonyl (C=O) groups excluding carboxylic acids is 2. The van der Waals surface area contributed by atoms with E-state index < -0.39 is 0 Å². The van der Waals surface area contributed by atoms with E-state index in [1.54, 1.807) is 4.90 Å². The van der Waals surface area contributed by atoms with Gasteiger partial charge in [0.05, 0.1) is 0 Å². The second-order valence-corrected chi connectivity index (χ2v) is 5.27. The third kappa shape index (κ3) is 3.45. The highest BCUT2D eigenvalue weighted by Crippen LogP contribution is 2.23. The maximum atomic E-state index is 12.0. The molecular formula is C13H23N3O2. The second kappa shape index (κ2) is 6.18. The number of nitrogens with zero attached hydrogens (tertiary/aromatic N) is 1. The fraction of sp³-hybridized carbons (Fsp3) is 0.846. The van der Waals surface area contributed by atoms with Gasteiger partial charge in [0, 0.05) is 19.0 Å². The Morgan fingerprint density at radius 3 is 2.67 bits per heavy atom. The summed E-state index contributed by atoms with van der Waals surface area (Å²) < 4.78 is 0. The van der Waals surface area contributed by atoms with Crippen molar-refractivity contribution >= 4 is 11.8 Å². The number of carbonyl (C=O) groups is 2. The van der Waals surface area contributed by atoms with Crippen molar-refractivity contribution in [2.75, 3.05) is 13.1 Å². The summed E-state index contributed by atoms with van der Waals surface area (Å²) in [6, 6.07) is 0.142. The number of hydrogen-bond donors (Lipinski definition) is 2. The molecule has 0 aromatic heterocycles. The van der Waals surface area contributed by atoms with Gasteiger partial charge in [0.2, 0.25) is 11.8 Å². The summed E-state index contributed by atoms with van der Waals surface area (Å²) in [4.78, 5) is 25.8. The maximum absolute atomic E-state index is 12.0. The van der Waals surface area contributed by atoms with E-state index in [1.165, 1.54) is 0 Å². The van der Waals surface area contributed by atoms with Gasteiger partial charge in [-0.2, -0.15) is 0 Å². The molecule has 0 aromatic carbocycles. The Hall–Kier alpha value is -1.10. The Labute approximate surface area is 108 Å². The number of amides is 2. The van der Waals surface area contributed by atoms with Gasteiger partial charge in [0.1, 0.15) is 6.04 Å². The van der Waals surface area contributed by atoms with Gasteiger partial charge in [-0.25, -0.2) is 0 Å². The Morgan fingerprint density at radius 2 is 2.00 bits per heavy atom. The smallest absolute Gasteiger partial charge is 0.243 e. The van der Waals surface area contributed by atoms with Crippen LogP contribution in [-0.2, 0) is 9.59 Å². The number of unbranched alkanes of at least 4 members (excludes halogenated alkanes) is 1. The molecule has 5 nitrogen and oxygen atoms in total. The molecule has 3 N–H and O–H groups in total. The lowest BCUT2D eigenvalue weighted by atomic mass is 10.1.